The predicted octanol–water partition coefficient (Wildman–Crippen LogP) is 2.21. The van der Waals surface area contributed by atoms with Crippen LogP contribution in [0.3, 0.4) is 0 Å². The molecule has 122 valence electrons. The zero-order chi connectivity index (χ0) is 16.6. The third-order valence-corrected chi connectivity index (χ3v) is 5.18. The molecular weight excluding hydrogens is 342 g/mol. The Morgan fingerprint density at radius 3 is 2.65 bits per heavy atom. The molecule has 0 saturated carbocycles. The van der Waals surface area contributed by atoms with Crippen molar-refractivity contribution in [1.29, 1.82) is 0 Å². The molecule has 1 saturated heterocycles. The molecule has 0 bridgehead atoms. The molecule has 0 spiro atoms. The summed E-state index contributed by atoms with van der Waals surface area (Å²) in [4.78, 5) is 17.9. The molecule has 0 N–H and O–H groups in total. The van der Waals surface area contributed by atoms with Gasteiger partial charge in [-0.15, -0.1) is 0 Å². The summed E-state index contributed by atoms with van der Waals surface area (Å²) in [6.07, 6.45) is 1.92. The number of halogens is 1. The van der Waals surface area contributed by atoms with E-state index in [0.717, 1.165) is 12.8 Å². The maximum atomic E-state index is 12.2. The van der Waals surface area contributed by atoms with Crippen molar-refractivity contribution in [3.8, 4) is 11.4 Å². The molecule has 0 unspecified atom stereocenters. The smallest absolute Gasteiger partial charge is 0.316 e. The van der Waals surface area contributed by atoms with E-state index >= 15 is 0 Å². The lowest BCUT2D eigenvalue weighted by molar-refractivity contribution is 0.0743. The van der Waals surface area contributed by atoms with Gasteiger partial charge in [0.2, 0.25) is 5.82 Å². The fourth-order valence-electron chi connectivity index (χ4n) is 2.48. The largest absolute Gasteiger partial charge is 0.334 e. The second-order valence-corrected chi connectivity index (χ2v) is 7.87. The van der Waals surface area contributed by atoms with E-state index in [4.69, 9.17) is 15.2 Å². The average Bonchev–Trinajstić information content (AvgIpc) is 3.17. The molecule has 2 aromatic rings. The Balaban J connectivity index is 1.93. The van der Waals surface area contributed by atoms with Gasteiger partial charge in [0.25, 0.3) is 9.05 Å². The van der Waals surface area contributed by atoms with E-state index in [9.17, 15) is 13.2 Å². The van der Waals surface area contributed by atoms with Crippen LogP contribution in [0.15, 0.2) is 27.6 Å². The van der Waals surface area contributed by atoms with Crippen molar-refractivity contribution in [2.75, 3.05) is 13.1 Å². The molecule has 1 amide bonds. The SMILES string of the molecule is Cc1ccc(-c2noc(C(=O)N3CCCC3)n2)cc1S(=O)(=O)Cl. The van der Waals surface area contributed by atoms with Crippen LogP contribution < -0.4 is 0 Å². The van der Waals surface area contributed by atoms with Crippen LogP contribution in [0.4, 0.5) is 0 Å². The van der Waals surface area contributed by atoms with Crippen LogP contribution in [0, 0.1) is 6.92 Å². The van der Waals surface area contributed by atoms with E-state index in [1.807, 2.05) is 0 Å². The minimum atomic E-state index is -3.88. The van der Waals surface area contributed by atoms with Crippen LogP contribution in [-0.4, -0.2) is 42.5 Å². The van der Waals surface area contributed by atoms with Crippen LogP contribution in [-0.2, 0) is 9.05 Å². The zero-order valence-corrected chi connectivity index (χ0v) is 13.9. The number of aryl methyl sites for hydroxylation is 1. The van der Waals surface area contributed by atoms with Gasteiger partial charge in [-0.2, -0.15) is 4.98 Å². The lowest BCUT2D eigenvalue weighted by Crippen LogP contribution is -2.27. The molecule has 0 aliphatic carbocycles. The van der Waals surface area contributed by atoms with Crippen molar-refractivity contribution in [3.05, 3.63) is 29.7 Å². The topological polar surface area (TPSA) is 93.4 Å². The standard InChI is InChI=1S/C14H14ClN3O4S/c1-9-4-5-10(8-11(9)23(15,20)21)12-16-13(22-17-12)14(19)18-6-2-3-7-18/h4-5,8H,2-3,6-7H2,1H3. The maximum Gasteiger partial charge on any atom is 0.316 e. The molecule has 9 heteroatoms. The van der Waals surface area contributed by atoms with E-state index in [2.05, 4.69) is 10.1 Å². The number of rotatable bonds is 3. The summed E-state index contributed by atoms with van der Waals surface area (Å²) in [6.45, 7) is 2.99. The monoisotopic (exact) mass is 355 g/mol. The van der Waals surface area contributed by atoms with Gasteiger partial charge in [0.05, 0.1) is 4.90 Å². The third kappa shape index (κ3) is 3.23. The van der Waals surface area contributed by atoms with E-state index in [-0.39, 0.29) is 22.5 Å². The van der Waals surface area contributed by atoms with Crippen LogP contribution in [0.25, 0.3) is 11.4 Å². The predicted molar refractivity (Wildman–Crippen MR) is 82.6 cm³/mol. The number of benzene rings is 1. The number of nitrogens with zero attached hydrogens (tertiary/aromatic N) is 3. The van der Waals surface area contributed by atoms with Gasteiger partial charge in [0, 0.05) is 29.3 Å². The van der Waals surface area contributed by atoms with Gasteiger partial charge in [-0.1, -0.05) is 17.3 Å². The Kier molecular flexibility index (Phi) is 4.11. The molecule has 2 heterocycles. The van der Waals surface area contributed by atoms with E-state index in [1.54, 1.807) is 24.0 Å². The highest BCUT2D eigenvalue weighted by Gasteiger charge is 2.25. The lowest BCUT2D eigenvalue weighted by Gasteiger charge is -2.10. The number of likely N-dealkylation sites (tertiary alicyclic amines) is 1. The summed E-state index contributed by atoms with van der Waals surface area (Å²) in [5, 5.41) is 3.76. The normalized spacial score (nSPS) is 15.1. The van der Waals surface area contributed by atoms with Gasteiger partial charge < -0.3 is 9.42 Å². The van der Waals surface area contributed by atoms with Crippen molar-refractivity contribution in [2.24, 2.45) is 0 Å². The third-order valence-electron chi connectivity index (χ3n) is 3.71. The lowest BCUT2D eigenvalue weighted by atomic mass is 10.1. The molecular formula is C14H14ClN3O4S. The molecule has 7 nitrogen and oxygen atoms in total. The van der Waals surface area contributed by atoms with Crippen molar-refractivity contribution >= 4 is 25.6 Å². The van der Waals surface area contributed by atoms with Gasteiger partial charge in [-0.25, -0.2) is 8.42 Å². The fraction of sp³-hybridized carbons (Fsp3) is 0.357. The summed E-state index contributed by atoms with van der Waals surface area (Å²) < 4.78 is 28.1. The van der Waals surface area contributed by atoms with Gasteiger partial charge in [-0.3, -0.25) is 4.79 Å². The van der Waals surface area contributed by atoms with Crippen molar-refractivity contribution in [3.63, 3.8) is 0 Å². The molecule has 1 aromatic carbocycles. The Morgan fingerprint density at radius 2 is 2.00 bits per heavy atom. The van der Waals surface area contributed by atoms with Gasteiger partial charge in [0.15, 0.2) is 0 Å². The van der Waals surface area contributed by atoms with Crippen LogP contribution in [0.1, 0.15) is 29.1 Å². The number of carbonyl (C=O) groups is 1. The molecule has 0 radical (unpaired) electrons. The first-order valence-corrected chi connectivity index (χ1v) is 9.36. The molecule has 1 aliphatic rings. The highest BCUT2D eigenvalue weighted by molar-refractivity contribution is 8.13. The number of amides is 1. The Labute approximate surface area is 137 Å². The number of hydrogen-bond acceptors (Lipinski definition) is 6. The van der Waals surface area contributed by atoms with Crippen molar-refractivity contribution in [1.82, 2.24) is 15.0 Å². The van der Waals surface area contributed by atoms with Gasteiger partial charge >= 0.3 is 11.8 Å². The molecule has 0 atom stereocenters. The second-order valence-electron chi connectivity index (χ2n) is 5.34. The number of hydrogen-bond donors (Lipinski definition) is 0. The zero-order valence-electron chi connectivity index (χ0n) is 12.3. The summed E-state index contributed by atoms with van der Waals surface area (Å²) >= 11 is 0. The van der Waals surface area contributed by atoms with E-state index in [1.165, 1.54) is 6.07 Å². The van der Waals surface area contributed by atoms with Crippen molar-refractivity contribution < 1.29 is 17.7 Å². The average molecular weight is 356 g/mol. The maximum absolute atomic E-state index is 12.2. The summed E-state index contributed by atoms with van der Waals surface area (Å²) in [6, 6.07) is 4.62. The highest BCUT2D eigenvalue weighted by Crippen LogP contribution is 2.26. The molecule has 1 aliphatic heterocycles. The van der Waals surface area contributed by atoms with Gasteiger partial charge in [0.1, 0.15) is 0 Å². The first-order chi connectivity index (χ1) is 10.9. The highest BCUT2D eigenvalue weighted by atomic mass is 35.7. The first-order valence-electron chi connectivity index (χ1n) is 7.05. The van der Waals surface area contributed by atoms with Crippen LogP contribution in [0.5, 0.6) is 0 Å². The fourth-order valence-corrected chi connectivity index (χ4v) is 3.70. The second kappa shape index (κ2) is 5.93. The first kappa shape index (κ1) is 15.9. The Hall–Kier alpha value is -1.93. The van der Waals surface area contributed by atoms with Gasteiger partial charge in [-0.05, 0) is 31.4 Å². The molecule has 1 aromatic heterocycles. The molecule has 1 fully saturated rings. The Bertz CT molecular complexity index is 857. The van der Waals surface area contributed by atoms with Crippen LogP contribution in [0.2, 0.25) is 0 Å². The number of aromatic nitrogens is 2. The van der Waals surface area contributed by atoms with E-state index in [0.29, 0.717) is 24.2 Å². The summed E-state index contributed by atoms with van der Waals surface area (Å²) in [5.41, 5.74) is 0.930. The molecule has 3 rings (SSSR count). The molecule has 23 heavy (non-hydrogen) atoms. The minimum absolute atomic E-state index is 0.0195. The van der Waals surface area contributed by atoms with Crippen molar-refractivity contribution in [2.45, 2.75) is 24.7 Å². The van der Waals surface area contributed by atoms with Crippen LogP contribution >= 0.6 is 10.7 Å². The van der Waals surface area contributed by atoms with E-state index < -0.39 is 9.05 Å². The number of carbonyl (C=O) groups excluding carboxylic acids is 1. The summed E-state index contributed by atoms with van der Waals surface area (Å²) in [7, 11) is 1.54. The Morgan fingerprint density at radius 1 is 1.30 bits per heavy atom. The minimum Gasteiger partial charge on any atom is -0.334 e. The quantitative estimate of drug-likeness (QED) is 0.783. The summed E-state index contributed by atoms with van der Waals surface area (Å²) in [5.74, 6) is -0.259.